The molecule has 0 unspecified atom stereocenters. The smallest absolute Gasteiger partial charge is 0.434 e. The first kappa shape index (κ1) is 39.0. The van der Waals surface area contributed by atoms with Gasteiger partial charge in [-0.25, -0.2) is 4.79 Å². The van der Waals surface area contributed by atoms with Gasteiger partial charge in [0.2, 0.25) is 0 Å². The van der Waals surface area contributed by atoms with Crippen molar-refractivity contribution in [3.05, 3.63) is 12.2 Å². The molecule has 0 saturated carbocycles. The van der Waals surface area contributed by atoms with Crippen LogP contribution in [-0.4, -0.2) is 19.4 Å². The summed E-state index contributed by atoms with van der Waals surface area (Å²) in [5.41, 5.74) is 0. The van der Waals surface area contributed by atoms with E-state index in [9.17, 15) is 4.79 Å². The van der Waals surface area contributed by atoms with Crippen LogP contribution in [0, 0.1) is 5.92 Å². The lowest BCUT2D eigenvalue weighted by Crippen LogP contribution is -2.09. The number of rotatable bonds is 32. The molecular formula is C37H72O3. The second-order valence-electron chi connectivity index (χ2n) is 12.7. The summed E-state index contributed by atoms with van der Waals surface area (Å²) in [4.78, 5) is 11.7. The summed E-state index contributed by atoms with van der Waals surface area (Å²) in [6, 6.07) is 0. The minimum atomic E-state index is -0.479. The van der Waals surface area contributed by atoms with Crippen molar-refractivity contribution in [2.75, 3.05) is 13.2 Å². The Hall–Kier alpha value is -0.990. The van der Waals surface area contributed by atoms with E-state index in [1.54, 1.807) is 0 Å². The van der Waals surface area contributed by atoms with Gasteiger partial charge in [0.1, 0.15) is 0 Å². The van der Waals surface area contributed by atoms with Gasteiger partial charge >= 0.3 is 6.16 Å². The zero-order valence-electron chi connectivity index (χ0n) is 27.7. The highest BCUT2D eigenvalue weighted by atomic mass is 16.7. The molecule has 0 aromatic heterocycles. The summed E-state index contributed by atoms with van der Waals surface area (Å²) in [6.07, 6.45) is 41.1. The maximum atomic E-state index is 11.7. The van der Waals surface area contributed by atoms with Gasteiger partial charge < -0.3 is 9.47 Å². The van der Waals surface area contributed by atoms with Crippen molar-refractivity contribution in [1.82, 2.24) is 0 Å². The first-order valence-corrected chi connectivity index (χ1v) is 18.1. The van der Waals surface area contributed by atoms with Gasteiger partial charge in [-0.3, -0.25) is 0 Å². The lowest BCUT2D eigenvalue weighted by molar-refractivity contribution is 0.0529. The minimum absolute atomic E-state index is 0.479. The largest absolute Gasteiger partial charge is 0.508 e. The fourth-order valence-electron chi connectivity index (χ4n) is 5.30. The zero-order chi connectivity index (χ0) is 29.2. The highest BCUT2D eigenvalue weighted by Crippen LogP contribution is 2.15. The molecule has 3 nitrogen and oxygen atoms in total. The van der Waals surface area contributed by atoms with Crippen LogP contribution in [0.25, 0.3) is 0 Å². The lowest BCUT2D eigenvalue weighted by atomic mass is 10.0. The van der Waals surface area contributed by atoms with Crippen LogP contribution in [-0.2, 0) is 9.47 Å². The van der Waals surface area contributed by atoms with Crippen molar-refractivity contribution in [2.45, 2.75) is 201 Å². The predicted octanol–water partition coefficient (Wildman–Crippen LogP) is 13.3. The summed E-state index contributed by atoms with van der Waals surface area (Å²) in [7, 11) is 0. The van der Waals surface area contributed by atoms with Crippen molar-refractivity contribution in [2.24, 2.45) is 5.92 Å². The topological polar surface area (TPSA) is 35.5 Å². The molecule has 0 bridgehead atoms. The highest BCUT2D eigenvalue weighted by Gasteiger charge is 2.03. The van der Waals surface area contributed by atoms with Crippen molar-refractivity contribution in [3.8, 4) is 0 Å². The molecule has 0 radical (unpaired) electrons. The first-order chi connectivity index (χ1) is 19.7. The monoisotopic (exact) mass is 565 g/mol. The highest BCUT2D eigenvalue weighted by molar-refractivity contribution is 5.59. The molecule has 0 rings (SSSR count). The Bertz CT molecular complexity index is 514. The number of unbranched alkanes of at least 4 members (excludes halogenated alkanes) is 24. The van der Waals surface area contributed by atoms with Crippen molar-refractivity contribution < 1.29 is 14.3 Å². The number of ether oxygens (including phenoxy) is 2. The van der Waals surface area contributed by atoms with Crippen molar-refractivity contribution >= 4 is 6.16 Å². The van der Waals surface area contributed by atoms with E-state index in [2.05, 4.69) is 32.9 Å². The number of allylic oxidation sites excluding steroid dienone is 2. The molecule has 0 N–H and O–H groups in total. The van der Waals surface area contributed by atoms with Gasteiger partial charge in [-0.2, -0.15) is 0 Å². The summed E-state index contributed by atoms with van der Waals surface area (Å²) >= 11 is 0. The van der Waals surface area contributed by atoms with Crippen LogP contribution in [0.3, 0.4) is 0 Å². The SMILES string of the molecule is CCCCCCC=CCCCCCCCCOC(=O)OCCCCCCCCCCCCCCCCCC(C)C. The van der Waals surface area contributed by atoms with Gasteiger partial charge in [0.25, 0.3) is 0 Å². The molecule has 0 amide bonds. The van der Waals surface area contributed by atoms with E-state index in [-0.39, 0.29) is 0 Å². The van der Waals surface area contributed by atoms with Crippen LogP contribution >= 0.6 is 0 Å². The predicted molar refractivity (Wildman–Crippen MR) is 176 cm³/mol. The van der Waals surface area contributed by atoms with Gasteiger partial charge in [-0.05, 0) is 44.4 Å². The third kappa shape index (κ3) is 35.0. The van der Waals surface area contributed by atoms with Gasteiger partial charge in [0.15, 0.2) is 0 Å². The van der Waals surface area contributed by atoms with Crippen LogP contribution in [0.1, 0.15) is 201 Å². The van der Waals surface area contributed by atoms with Crippen LogP contribution < -0.4 is 0 Å². The molecule has 0 aliphatic heterocycles. The van der Waals surface area contributed by atoms with Crippen LogP contribution in [0.4, 0.5) is 4.79 Å². The fourth-order valence-corrected chi connectivity index (χ4v) is 5.30. The van der Waals surface area contributed by atoms with Crippen molar-refractivity contribution in [1.29, 1.82) is 0 Å². The quantitative estimate of drug-likeness (QED) is 0.0463. The number of carbonyl (C=O) groups is 1. The minimum Gasteiger partial charge on any atom is -0.434 e. The molecule has 3 heteroatoms. The van der Waals surface area contributed by atoms with E-state index < -0.39 is 6.16 Å². The second-order valence-corrected chi connectivity index (χ2v) is 12.7. The van der Waals surface area contributed by atoms with Gasteiger partial charge in [-0.1, -0.05) is 174 Å². The van der Waals surface area contributed by atoms with Gasteiger partial charge in [-0.15, -0.1) is 0 Å². The Morgan fingerprint density at radius 2 is 0.800 bits per heavy atom. The summed E-state index contributed by atoms with van der Waals surface area (Å²) in [5.74, 6) is 0.872. The molecule has 238 valence electrons. The zero-order valence-corrected chi connectivity index (χ0v) is 27.7. The van der Waals surface area contributed by atoms with Crippen molar-refractivity contribution in [3.63, 3.8) is 0 Å². The molecule has 0 aliphatic rings. The Balaban J connectivity index is 3.18. The average Bonchev–Trinajstić information content (AvgIpc) is 2.94. The van der Waals surface area contributed by atoms with Crippen LogP contribution in [0.2, 0.25) is 0 Å². The number of hydrogen-bond donors (Lipinski definition) is 0. The Labute approximate surface area is 252 Å². The summed E-state index contributed by atoms with van der Waals surface area (Å²) < 4.78 is 10.4. The molecule has 0 spiro atoms. The number of hydrogen-bond acceptors (Lipinski definition) is 3. The molecule has 0 aromatic carbocycles. The average molecular weight is 565 g/mol. The molecule has 0 atom stereocenters. The first-order valence-electron chi connectivity index (χ1n) is 18.1. The number of carbonyl (C=O) groups excluding carboxylic acids is 1. The second kappa shape index (κ2) is 34.2. The third-order valence-electron chi connectivity index (χ3n) is 8.02. The molecule has 0 aromatic rings. The van der Waals surface area contributed by atoms with E-state index in [4.69, 9.17) is 9.47 Å². The summed E-state index contributed by atoms with van der Waals surface area (Å²) in [6.45, 7) is 7.93. The molecule has 0 fully saturated rings. The molecule has 0 aliphatic carbocycles. The van der Waals surface area contributed by atoms with Crippen LogP contribution in [0.15, 0.2) is 12.2 Å². The molecule has 40 heavy (non-hydrogen) atoms. The standard InChI is InChI=1S/C37H72O3/c1-4-5-6-7-8-9-10-11-16-19-22-25-28-31-34-39-37(38)40-35-32-29-26-23-20-17-14-12-13-15-18-21-24-27-30-33-36(2)3/h9-10,36H,4-8,11-35H2,1-3H3. The van der Waals surface area contributed by atoms with E-state index in [1.165, 1.54) is 154 Å². The van der Waals surface area contributed by atoms with Gasteiger partial charge in [0, 0.05) is 0 Å². The molecule has 0 heterocycles. The molecular weight excluding hydrogens is 492 g/mol. The van der Waals surface area contributed by atoms with Crippen LogP contribution in [0.5, 0.6) is 0 Å². The van der Waals surface area contributed by atoms with E-state index in [0.29, 0.717) is 13.2 Å². The normalized spacial score (nSPS) is 11.6. The fraction of sp³-hybridized carbons (Fsp3) is 0.919. The van der Waals surface area contributed by atoms with E-state index in [1.807, 2.05) is 0 Å². The Morgan fingerprint density at radius 1 is 0.475 bits per heavy atom. The van der Waals surface area contributed by atoms with E-state index >= 15 is 0 Å². The Kier molecular flexibility index (Phi) is 33.4. The van der Waals surface area contributed by atoms with Gasteiger partial charge in [0.05, 0.1) is 13.2 Å². The maximum Gasteiger partial charge on any atom is 0.508 e. The van der Waals surface area contributed by atoms with E-state index in [0.717, 1.165) is 31.6 Å². The molecule has 0 saturated heterocycles. The Morgan fingerprint density at radius 3 is 1.18 bits per heavy atom. The summed E-state index contributed by atoms with van der Waals surface area (Å²) in [5, 5.41) is 0. The maximum absolute atomic E-state index is 11.7. The lowest BCUT2D eigenvalue weighted by Gasteiger charge is -2.07. The third-order valence-corrected chi connectivity index (χ3v) is 8.02.